The fourth-order valence-corrected chi connectivity index (χ4v) is 5.07. The van der Waals surface area contributed by atoms with Crippen LogP contribution in [-0.4, -0.2) is 17.4 Å². The first-order valence-corrected chi connectivity index (χ1v) is 8.80. The predicted molar refractivity (Wildman–Crippen MR) is 92.1 cm³/mol. The standard InChI is InChI=1S/C20H30O3/c1-14-6-5-7-17-19(14,3)10-8-15(2)20(17,4)11-9-16(13-21)12-18(22)23/h6,12-13,15,17H,5,7-11H2,1-4H3,(H,22,23)/b16-12+/t15-,17+,19+,20+/m0/s1. The van der Waals surface area contributed by atoms with Crippen LogP contribution in [0, 0.1) is 22.7 Å². The minimum Gasteiger partial charge on any atom is -0.478 e. The first-order chi connectivity index (χ1) is 10.7. The van der Waals surface area contributed by atoms with E-state index in [4.69, 9.17) is 5.11 Å². The number of allylic oxidation sites excluding steroid dienone is 3. The Hall–Kier alpha value is -1.38. The first-order valence-electron chi connectivity index (χ1n) is 8.80. The lowest BCUT2D eigenvalue weighted by Gasteiger charge is -2.58. The molecule has 2 aliphatic carbocycles. The van der Waals surface area contributed by atoms with Crippen LogP contribution in [0.25, 0.3) is 0 Å². The minimum absolute atomic E-state index is 0.156. The van der Waals surface area contributed by atoms with E-state index in [1.807, 2.05) is 0 Å². The molecule has 0 heterocycles. The summed E-state index contributed by atoms with van der Waals surface area (Å²) in [5, 5.41) is 8.89. The highest BCUT2D eigenvalue weighted by Crippen LogP contribution is 2.61. The normalized spacial score (nSPS) is 37.7. The van der Waals surface area contributed by atoms with E-state index in [1.54, 1.807) is 0 Å². The number of aldehydes is 1. The van der Waals surface area contributed by atoms with Crippen molar-refractivity contribution >= 4 is 12.3 Å². The average Bonchev–Trinajstić information content (AvgIpc) is 2.50. The Balaban J connectivity index is 2.25. The lowest BCUT2D eigenvalue weighted by Crippen LogP contribution is -2.49. The van der Waals surface area contributed by atoms with Gasteiger partial charge in [-0.25, -0.2) is 4.79 Å². The molecule has 0 saturated heterocycles. The van der Waals surface area contributed by atoms with E-state index < -0.39 is 5.97 Å². The molecule has 0 bridgehead atoms. The van der Waals surface area contributed by atoms with E-state index in [9.17, 15) is 9.59 Å². The van der Waals surface area contributed by atoms with Gasteiger partial charge in [0.25, 0.3) is 0 Å². The van der Waals surface area contributed by atoms with E-state index in [2.05, 4.69) is 33.8 Å². The Bertz CT molecular complexity index is 545. The topological polar surface area (TPSA) is 54.4 Å². The molecule has 128 valence electrons. The number of carboxylic acid groups (broad SMARTS) is 1. The summed E-state index contributed by atoms with van der Waals surface area (Å²) in [5.74, 6) is 0.181. The highest BCUT2D eigenvalue weighted by atomic mass is 16.4. The van der Waals surface area contributed by atoms with Crippen LogP contribution in [-0.2, 0) is 9.59 Å². The number of carboxylic acids is 1. The SMILES string of the molecule is CC1=CCC[C@H]2[C@](C)(CC/C(C=O)=C\C(=O)O)[C@@H](C)CC[C@]12C. The molecule has 3 nitrogen and oxygen atoms in total. The van der Waals surface area contributed by atoms with Gasteiger partial charge in [0.2, 0.25) is 0 Å². The van der Waals surface area contributed by atoms with Crippen LogP contribution in [0.5, 0.6) is 0 Å². The number of aliphatic carboxylic acids is 1. The molecule has 0 unspecified atom stereocenters. The molecular weight excluding hydrogens is 288 g/mol. The van der Waals surface area contributed by atoms with Crippen LogP contribution in [0.3, 0.4) is 0 Å². The monoisotopic (exact) mass is 318 g/mol. The Morgan fingerprint density at radius 2 is 2.09 bits per heavy atom. The molecule has 2 rings (SSSR count). The van der Waals surface area contributed by atoms with Crippen LogP contribution in [0.1, 0.15) is 66.2 Å². The number of hydrogen-bond acceptors (Lipinski definition) is 2. The second-order valence-electron chi connectivity index (χ2n) is 8.06. The smallest absolute Gasteiger partial charge is 0.328 e. The summed E-state index contributed by atoms with van der Waals surface area (Å²) >= 11 is 0. The van der Waals surface area contributed by atoms with Gasteiger partial charge >= 0.3 is 5.97 Å². The molecule has 0 amide bonds. The zero-order valence-corrected chi connectivity index (χ0v) is 14.9. The van der Waals surface area contributed by atoms with Crippen molar-refractivity contribution in [2.45, 2.75) is 66.2 Å². The van der Waals surface area contributed by atoms with Crippen molar-refractivity contribution in [3.8, 4) is 0 Å². The van der Waals surface area contributed by atoms with E-state index in [1.165, 1.54) is 24.8 Å². The van der Waals surface area contributed by atoms with Gasteiger partial charge in [0.05, 0.1) is 0 Å². The summed E-state index contributed by atoms with van der Waals surface area (Å²) in [7, 11) is 0. The molecule has 0 aromatic heterocycles. The van der Waals surface area contributed by atoms with Gasteiger partial charge < -0.3 is 5.11 Å². The summed E-state index contributed by atoms with van der Waals surface area (Å²) in [5.41, 5.74) is 2.34. The molecule has 0 aromatic rings. The van der Waals surface area contributed by atoms with Crippen LogP contribution < -0.4 is 0 Å². The third-order valence-corrected chi connectivity index (χ3v) is 7.01. The lowest BCUT2D eigenvalue weighted by molar-refractivity contribution is -0.131. The predicted octanol–water partition coefficient (Wildman–Crippen LogP) is 4.78. The summed E-state index contributed by atoms with van der Waals surface area (Å²) in [6, 6.07) is 0. The van der Waals surface area contributed by atoms with Crippen molar-refractivity contribution in [2.75, 3.05) is 0 Å². The Kier molecular flexibility index (Phi) is 5.17. The highest BCUT2D eigenvalue weighted by molar-refractivity contribution is 5.88. The van der Waals surface area contributed by atoms with Gasteiger partial charge in [0.15, 0.2) is 0 Å². The van der Waals surface area contributed by atoms with E-state index >= 15 is 0 Å². The molecule has 0 spiro atoms. The average molecular weight is 318 g/mol. The third kappa shape index (κ3) is 3.29. The maximum absolute atomic E-state index is 11.2. The van der Waals surface area contributed by atoms with Crippen molar-refractivity contribution in [2.24, 2.45) is 22.7 Å². The number of carbonyl (C=O) groups excluding carboxylic acids is 1. The Morgan fingerprint density at radius 1 is 1.39 bits per heavy atom. The molecule has 1 saturated carbocycles. The second kappa shape index (κ2) is 6.62. The summed E-state index contributed by atoms with van der Waals surface area (Å²) in [6.45, 7) is 9.36. The van der Waals surface area contributed by atoms with Gasteiger partial charge in [-0.1, -0.05) is 32.4 Å². The van der Waals surface area contributed by atoms with E-state index in [-0.39, 0.29) is 10.8 Å². The van der Waals surface area contributed by atoms with Crippen molar-refractivity contribution in [3.63, 3.8) is 0 Å². The molecule has 2 aliphatic rings. The van der Waals surface area contributed by atoms with E-state index in [0.717, 1.165) is 18.9 Å². The number of fused-ring (bicyclic) bond motifs is 1. The Morgan fingerprint density at radius 3 is 2.70 bits per heavy atom. The Labute approximate surface area is 139 Å². The van der Waals surface area contributed by atoms with Gasteiger partial charge in [-0.05, 0) is 73.7 Å². The van der Waals surface area contributed by atoms with Gasteiger partial charge in [0, 0.05) is 6.08 Å². The van der Waals surface area contributed by atoms with Crippen LogP contribution in [0.15, 0.2) is 23.3 Å². The van der Waals surface area contributed by atoms with Crippen molar-refractivity contribution in [1.82, 2.24) is 0 Å². The minimum atomic E-state index is -1.03. The number of carbonyl (C=O) groups is 2. The summed E-state index contributed by atoms with van der Waals surface area (Å²) in [4.78, 5) is 22.0. The van der Waals surface area contributed by atoms with Crippen LogP contribution >= 0.6 is 0 Å². The zero-order valence-electron chi connectivity index (χ0n) is 14.9. The molecular formula is C20H30O3. The largest absolute Gasteiger partial charge is 0.478 e. The second-order valence-corrected chi connectivity index (χ2v) is 8.06. The molecule has 0 aromatic carbocycles. The first kappa shape index (κ1) is 18.0. The summed E-state index contributed by atoms with van der Waals surface area (Å²) < 4.78 is 0. The quantitative estimate of drug-likeness (QED) is 0.451. The molecule has 23 heavy (non-hydrogen) atoms. The molecule has 0 aliphatic heterocycles. The molecule has 1 N–H and O–H groups in total. The fraction of sp³-hybridized carbons (Fsp3) is 0.700. The van der Waals surface area contributed by atoms with Crippen LogP contribution in [0.2, 0.25) is 0 Å². The maximum atomic E-state index is 11.2. The fourth-order valence-electron chi connectivity index (χ4n) is 5.07. The molecule has 1 fully saturated rings. The number of hydrogen-bond donors (Lipinski definition) is 1. The van der Waals surface area contributed by atoms with E-state index in [0.29, 0.717) is 30.1 Å². The van der Waals surface area contributed by atoms with Gasteiger partial charge in [-0.3, -0.25) is 4.79 Å². The highest BCUT2D eigenvalue weighted by Gasteiger charge is 2.52. The summed E-state index contributed by atoms with van der Waals surface area (Å²) in [6.07, 6.45) is 10.4. The third-order valence-electron chi connectivity index (χ3n) is 7.01. The van der Waals surface area contributed by atoms with Gasteiger partial charge in [-0.15, -0.1) is 0 Å². The maximum Gasteiger partial charge on any atom is 0.328 e. The van der Waals surface area contributed by atoms with Gasteiger partial charge in [-0.2, -0.15) is 0 Å². The zero-order chi connectivity index (χ0) is 17.3. The molecule has 3 heteroatoms. The van der Waals surface area contributed by atoms with Crippen LogP contribution in [0.4, 0.5) is 0 Å². The molecule has 4 atom stereocenters. The number of rotatable bonds is 5. The van der Waals surface area contributed by atoms with Crippen molar-refractivity contribution in [1.29, 1.82) is 0 Å². The van der Waals surface area contributed by atoms with Crippen molar-refractivity contribution < 1.29 is 14.7 Å². The lowest BCUT2D eigenvalue weighted by atomic mass is 9.47. The molecule has 0 radical (unpaired) electrons. The van der Waals surface area contributed by atoms with Crippen molar-refractivity contribution in [3.05, 3.63) is 23.3 Å². The van der Waals surface area contributed by atoms with Gasteiger partial charge in [0.1, 0.15) is 6.29 Å².